The summed E-state index contributed by atoms with van der Waals surface area (Å²) in [7, 11) is 1.88. The Hall–Kier alpha value is -1.36. The fourth-order valence-electron chi connectivity index (χ4n) is 1.80. The number of hydrogen-bond acceptors (Lipinski definition) is 5. The average molecular weight is 280 g/mol. The van der Waals surface area contributed by atoms with Gasteiger partial charge in [0.15, 0.2) is 0 Å². The van der Waals surface area contributed by atoms with Gasteiger partial charge in [0.05, 0.1) is 6.61 Å². The molecule has 1 aromatic heterocycles. The van der Waals surface area contributed by atoms with Gasteiger partial charge in [-0.05, 0) is 19.3 Å². The molecule has 0 unspecified atom stereocenters. The lowest BCUT2D eigenvalue weighted by atomic mass is 10.1. The summed E-state index contributed by atoms with van der Waals surface area (Å²) in [6.45, 7) is 10.8. The first kappa shape index (κ1) is 16.7. The van der Waals surface area contributed by atoms with Crippen LogP contribution in [0.1, 0.15) is 38.6 Å². The molecule has 0 amide bonds. The first-order valence-electron chi connectivity index (χ1n) is 7.45. The summed E-state index contributed by atoms with van der Waals surface area (Å²) in [6, 6.07) is 0. The molecule has 0 aliphatic rings. The van der Waals surface area contributed by atoms with Crippen molar-refractivity contribution in [2.24, 2.45) is 5.92 Å². The number of nitrogens with zero attached hydrogens (tertiary/aromatic N) is 2. The lowest BCUT2D eigenvalue weighted by molar-refractivity contribution is 0.132. The van der Waals surface area contributed by atoms with Crippen LogP contribution >= 0.6 is 0 Å². The van der Waals surface area contributed by atoms with Crippen molar-refractivity contribution in [1.29, 1.82) is 0 Å². The summed E-state index contributed by atoms with van der Waals surface area (Å²) in [5.41, 5.74) is 1.05. The van der Waals surface area contributed by atoms with E-state index in [4.69, 9.17) is 4.74 Å². The third-order valence-electron chi connectivity index (χ3n) is 3.12. The molecule has 0 spiro atoms. The molecule has 0 bridgehead atoms. The molecular formula is C15H28N4O. The van der Waals surface area contributed by atoms with Gasteiger partial charge in [0.1, 0.15) is 17.5 Å². The van der Waals surface area contributed by atoms with E-state index >= 15 is 0 Å². The van der Waals surface area contributed by atoms with E-state index in [-0.39, 0.29) is 0 Å². The van der Waals surface area contributed by atoms with Crippen LogP contribution < -0.4 is 10.6 Å². The fraction of sp³-hybridized carbons (Fsp3) is 0.733. The normalized spacial score (nSPS) is 10.9. The van der Waals surface area contributed by atoms with E-state index in [1.165, 1.54) is 0 Å². The maximum atomic E-state index is 5.60. The molecule has 0 saturated carbocycles. The van der Waals surface area contributed by atoms with Crippen molar-refractivity contribution in [2.75, 3.05) is 37.4 Å². The summed E-state index contributed by atoms with van der Waals surface area (Å²) in [5, 5.41) is 6.45. The Kier molecular flexibility index (Phi) is 7.30. The minimum absolute atomic E-state index is 0.692. The molecule has 0 aliphatic heterocycles. The molecule has 2 N–H and O–H groups in total. The van der Waals surface area contributed by atoms with Crippen molar-refractivity contribution in [2.45, 2.75) is 40.5 Å². The van der Waals surface area contributed by atoms with Gasteiger partial charge in [0.2, 0.25) is 0 Å². The second-order valence-corrected chi connectivity index (χ2v) is 5.29. The van der Waals surface area contributed by atoms with Crippen LogP contribution in [0.4, 0.5) is 11.6 Å². The van der Waals surface area contributed by atoms with Crippen LogP contribution in [0.15, 0.2) is 0 Å². The van der Waals surface area contributed by atoms with Crippen LogP contribution in [0, 0.1) is 12.8 Å². The smallest absolute Gasteiger partial charge is 0.134 e. The quantitative estimate of drug-likeness (QED) is 0.681. The van der Waals surface area contributed by atoms with Gasteiger partial charge in [0.25, 0.3) is 0 Å². The Bertz CT molecular complexity index is 407. The van der Waals surface area contributed by atoms with E-state index in [0.29, 0.717) is 12.5 Å². The van der Waals surface area contributed by atoms with Crippen molar-refractivity contribution in [3.63, 3.8) is 0 Å². The molecule has 5 nitrogen and oxygen atoms in total. The molecule has 1 heterocycles. The molecule has 114 valence electrons. The lowest BCUT2D eigenvalue weighted by Gasteiger charge is -2.13. The second-order valence-electron chi connectivity index (χ2n) is 5.29. The summed E-state index contributed by atoms with van der Waals surface area (Å²) < 4.78 is 5.60. The Morgan fingerprint density at radius 1 is 1.15 bits per heavy atom. The number of hydrogen-bond donors (Lipinski definition) is 2. The van der Waals surface area contributed by atoms with Crippen molar-refractivity contribution < 1.29 is 4.74 Å². The van der Waals surface area contributed by atoms with Crippen LogP contribution in [0.5, 0.6) is 0 Å². The van der Waals surface area contributed by atoms with E-state index in [9.17, 15) is 0 Å². The average Bonchev–Trinajstić information content (AvgIpc) is 2.43. The minimum atomic E-state index is 0.692. The number of nitrogens with one attached hydrogen (secondary N) is 2. The molecular weight excluding hydrogens is 252 g/mol. The van der Waals surface area contributed by atoms with Crippen molar-refractivity contribution in [1.82, 2.24) is 9.97 Å². The minimum Gasteiger partial charge on any atom is -0.380 e. The number of aromatic nitrogens is 2. The van der Waals surface area contributed by atoms with Crippen molar-refractivity contribution in [3.8, 4) is 0 Å². The molecule has 1 aromatic rings. The summed E-state index contributed by atoms with van der Waals surface area (Å²) in [4.78, 5) is 8.98. The molecule has 0 saturated heterocycles. The van der Waals surface area contributed by atoms with E-state index < -0.39 is 0 Å². The highest BCUT2D eigenvalue weighted by Gasteiger charge is 2.08. The zero-order valence-electron chi connectivity index (χ0n) is 13.4. The van der Waals surface area contributed by atoms with Crippen LogP contribution in [-0.4, -0.2) is 36.8 Å². The number of ether oxygens (including phenoxy) is 1. The topological polar surface area (TPSA) is 59.1 Å². The SMILES string of the molecule is CCc1nc(NC)c(C)c(NCCOCCC(C)C)n1. The van der Waals surface area contributed by atoms with E-state index in [1.807, 2.05) is 14.0 Å². The van der Waals surface area contributed by atoms with Crippen molar-refractivity contribution in [3.05, 3.63) is 11.4 Å². The largest absolute Gasteiger partial charge is 0.380 e. The van der Waals surface area contributed by atoms with Gasteiger partial charge >= 0.3 is 0 Å². The van der Waals surface area contributed by atoms with Crippen LogP contribution in [0.25, 0.3) is 0 Å². The Morgan fingerprint density at radius 3 is 2.45 bits per heavy atom. The molecule has 5 heteroatoms. The molecule has 20 heavy (non-hydrogen) atoms. The summed E-state index contributed by atoms with van der Waals surface area (Å²) >= 11 is 0. The van der Waals surface area contributed by atoms with E-state index in [2.05, 4.69) is 41.4 Å². The predicted octanol–water partition coefficient (Wildman–Crippen LogP) is 2.86. The van der Waals surface area contributed by atoms with Gasteiger partial charge in [-0.2, -0.15) is 0 Å². The first-order valence-corrected chi connectivity index (χ1v) is 7.45. The second kappa shape index (κ2) is 8.74. The molecule has 1 rings (SSSR count). The van der Waals surface area contributed by atoms with E-state index in [1.54, 1.807) is 0 Å². The number of anilines is 2. The Balaban J connectivity index is 2.46. The van der Waals surface area contributed by atoms with Gasteiger partial charge in [-0.1, -0.05) is 20.8 Å². The van der Waals surface area contributed by atoms with Crippen LogP contribution in [0.3, 0.4) is 0 Å². The third kappa shape index (κ3) is 5.33. The standard InChI is InChI=1S/C15H28N4O/c1-6-13-18-14(16-5)12(4)15(19-13)17-8-10-20-9-7-11(2)3/h11H,6-10H2,1-5H3,(H2,16,17,18,19). The van der Waals surface area contributed by atoms with Gasteiger partial charge in [-0.3, -0.25) is 0 Å². The van der Waals surface area contributed by atoms with Gasteiger partial charge < -0.3 is 15.4 Å². The fourth-order valence-corrected chi connectivity index (χ4v) is 1.80. The summed E-state index contributed by atoms with van der Waals surface area (Å²) in [5.74, 6) is 3.33. The first-order chi connectivity index (χ1) is 9.58. The molecule has 0 fully saturated rings. The monoisotopic (exact) mass is 280 g/mol. The van der Waals surface area contributed by atoms with E-state index in [0.717, 1.165) is 49.0 Å². The number of rotatable bonds is 9. The Labute approximate surface area is 122 Å². The zero-order chi connectivity index (χ0) is 15.0. The maximum absolute atomic E-state index is 5.60. The Morgan fingerprint density at radius 2 is 1.85 bits per heavy atom. The summed E-state index contributed by atoms with van der Waals surface area (Å²) in [6.07, 6.45) is 1.94. The highest BCUT2D eigenvalue weighted by atomic mass is 16.5. The maximum Gasteiger partial charge on any atom is 0.134 e. The molecule has 0 aromatic carbocycles. The highest BCUT2D eigenvalue weighted by Crippen LogP contribution is 2.19. The van der Waals surface area contributed by atoms with Gasteiger partial charge in [-0.15, -0.1) is 0 Å². The molecule has 0 radical (unpaired) electrons. The molecule has 0 atom stereocenters. The van der Waals surface area contributed by atoms with Crippen molar-refractivity contribution >= 4 is 11.6 Å². The zero-order valence-corrected chi connectivity index (χ0v) is 13.4. The molecule has 0 aliphatic carbocycles. The third-order valence-corrected chi connectivity index (χ3v) is 3.12. The highest BCUT2D eigenvalue weighted by molar-refractivity contribution is 5.56. The lowest BCUT2D eigenvalue weighted by Crippen LogP contribution is -2.14. The van der Waals surface area contributed by atoms with Crippen LogP contribution in [0.2, 0.25) is 0 Å². The van der Waals surface area contributed by atoms with Gasteiger partial charge in [-0.25, -0.2) is 9.97 Å². The predicted molar refractivity (Wildman–Crippen MR) is 84.5 cm³/mol. The van der Waals surface area contributed by atoms with Crippen LogP contribution in [-0.2, 0) is 11.2 Å². The number of aryl methyl sites for hydroxylation is 1. The van der Waals surface area contributed by atoms with Gasteiger partial charge in [0, 0.05) is 32.2 Å².